The van der Waals surface area contributed by atoms with Gasteiger partial charge in [-0.3, -0.25) is 9.59 Å². The van der Waals surface area contributed by atoms with Crippen LogP contribution in [0, 0.1) is 5.92 Å². The molecule has 2 fully saturated rings. The SMILES string of the molecule is CSCC(C)N1C(=O)C(C2CCCCC2)NC(=O)C1C. The number of hydrogen-bond acceptors (Lipinski definition) is 3. The monoisotopic (exact) mass is 298 g/mol. The predicted molar refractivity (Wildman–Crippen MR) is 82.7 cm³/mol. The zero-order valence-corrected chi connectivity index (χ0v) is 13.5. The van der Waals surface area contributed by atoms with Crippen LogP contribution < -0.4 is 5.32 Å². The molecule has 2 aliphatic rings. The molecule has 1 heterocycles. The van der Waals surface area contributed by atoms with Gasteiger partial charge in [0.1, 0.15) is 12.1 Å². The summed E-state index contributed by atoms with van der Waals surface area (Å²) in [7, 11) is 0. The summed E-state index contributed by atoms with van der Waals surface area (Å²) in [6.45, 7) is 3.88. The third-order valence-electron chi connectivity index (χ3n) is 4.62. The Balaban J connectivity index is 2.14. The molecule has 2 rings (SSSR count). The van der Waals surface area contributed by atoms with E-state index in [1.165, 1.54) is 19.3 Å². The molecule has 0 bridgehead atoms. The molecule has 0 radical (unpaired) electrons. The number of nitrogens with zero attached hydrogens (tertiary/aromatic N) is 1. The van der Waals surface area contributed by atoms with Crippen LogP contribution in [0.2, 0.25) is 0 Å². The van der Waals surface area contributed by atoms with Gasteiger partial charge in [-0.1, -0.05) is 19.3 Å². The van der Waals surface area contributed by atoms with E-state index in [1.54, 1.807) is 11.8 Å². The summed E-state index contributed by atoms with van der Waals surface area (Å²) in [6.07, 6.45) is 7.79. The predicted octanol–water partition coefficient (Wildman–Crippen LogP) is 2.03. The van der Waals surface area contributed by atoms with Gasteiger partial charge in [0.15, 0.2) is 0 Å². The number of piperazine rings is 1. The molecule has 0 aromatic heterocycles. The van der Waals surface area contributed by atoms with Gasteiger partial charge in [-0.25, -0.2) is 0 Å². The lowest BCUT2D eigenvalue weighted by Crippen LogP contribution is -2.66. The molecule has 114 valence electrons. The maximum Gasteiger partial charge on any atom is 0.246 e. The maximum absolute atomic E-state index is 12.8. The van der Waals surface area contributed by atoms with Crippen molar-refractivity contribution >= 4 is 23.6 Å². The van der Waals surface area contributed by atoms with Crippen molar-refractivity contribution in [3.63, 3.8) is 0 Å². The van der Waals surface area contributed by atoms with Gasteiger partial charge >= 0.3 is 0 Å². The van der Waals surface area contributed by atoms with Crippen LogP contribution in [-0.2, 0) is 9.59 Å². The Morgan fingerprint density at radius 3 is 2.55 bits per heavy atom. The lowest BCUT2D eigenvalue weighted by molar-refractivity contribution is -0.152. The summed E-state index contributed by atoms with van der Waals surface area (Å²) in [4.78, 5) is 26.8. The van der Waals surface area contributed by atoms with Crippen molar-refractivity contribution in [2.75, 3.05) is 12.0 Å². The van der Waals surface area contributed by atoms with Gasteiger partial charge in [0.05, 0.1) is 0 Å². The summed E-state index contributed by atoms with van der Waals surface area (Å²) in [5.74, 6) is 1.34. The highest BCUT2D eigenvalue weighted by Crippen LogP contribution is 2.30. The first-order valence-electron chi connectivity index (χ1n) is 7.67. The molecule has 1 N–H and O–H groups in total. The number of carbonyl (C=O) groups is 2. The van der Waals surface area contributed by atoms with Crippen LogP contribution in [0.5, 0.6) is 0 Å². The van der Waals surface area contributed by atoms with Crippen molar-refractivity contribution < 1.29 is 9.59 Å². The van der Waals surface area contributed by atoms with Crippen molar-refractivity contribution in [2.24, 2.45) is 5.92 Å². The van der Waals surface area contributed by atoms with Crippen LogP contribution in [0.15, 0.2) is 0 Å². The fourth-order valence-electron chi connectivity index (χ4n) is 3.52. The quantitative estimate of drug-likeness (QED) is 0.864. The van der Waals surface area contributed by atoms with E-state index in [0.717, 1.165) is 18.6 Å². The van der Waals surface area contributed by atoms with Gasteiger partial charge in [0.25, 0.3) is 0 Å². The molecule has 1 saturated heterocycles. The van der Waals surface area contributed by atoms with Gasteiger partial charge in [-0.05, 0) is 38.9 Å². The van der Waals surface area contributed by atoms with Crippen molar-refractivity contribution in [1.29, 1.82) is 0 Å². The van der Waals surface area contributed by atoms with Crippen molar-refractivity contribution in [1.82, 2.24) is 10.2 Å². The Morgan fingerprint density at radius 1 is 1.30 bits per heavy atom. The lowest BCUT2D eigenvalue weighted by atomic mass is 9.82. The van der Waals surface area contributed by atoms with Gasteiger partial charge < -0.3 is 10.2 Å². The van der Waals surface area contributed by atoms with E-state index < -0.39 is 0 Å². The molecule has 5 heteroatoms. The molecular formula is C15H26N2O2S. The highest BCUT2D eigenvalue weighted by molar-refractivity contribution is 7.98. The van der Waals surface area contributed by atoms with Gasteiger partial charge in [-0.15, -0.1) is 0 Å². The molecular weight excluding hydrogens is 272 g/mol. The molecule has 1 aliphatic heterocycles. The fraction of sp³-hybridized carbons (Fsp3) is 0.867. The smallest absolute Gasteiger partial charge is 0.246 e. The van der Waals surface area contributed by atoms with Gasteiger partial charge in [0, 0.05) is 11.8 Å². The van der Waals surface area contributed by atoms with E-state index >= 15 is 0 Å². The first-order chi connectivity index (χ1) is 9.56. The molecule has 1 aliphatic carbocycles. The van der Waals surface area contributed by atoms with Gasteiger partial charge in [0.2, 0.25) is 11.8 Å². The highest BCUT2D eigenvalue weighted by Gasteiger charge is 2.43. The fourth-order valence-corrected chi connectivity index (χ4v) is 4.16. The second-order valence-corrected chi connectivity index (χ2v) is 7.02. The Kier molecular flexibility index (Phi) is 5.35. The summed E-state index contributed by atoms with van der Waals surface area (Å²) < 4.78 is 0. The number of hydrogen-bond donors (Lipinski definition) is 1. The minimum Gasteiger partial charge on any atom is -0.342 e. The zero-order chi connectivity index (χ0) is 14.7. The zero-order valence-electron chi connectivity index (χ0n) is 12.7. The Labute approximate surface area is 126 Å². The molecule has 20 heavy (non-hydrogen) atoms. The minimum atomic E-state index is -0.343. The topological polar surface area (TPSA) is 49.4 Å². The first-order valence-corrected chi connectivity index (χ1v) is 9.07. The number of rotatable bonds is 4. The number of carbonyl (C=O) groups excluding carboxylic acids is 2. The summed E-state index contributed by atoms with van der Waals surface area (Å²) >= 11 is 1.72. The Morgan fingerprint density at radius 2 is 1.95 bits per heavy atom. The highest BCUT2D eigenvalue weighted by atomic mass is 32.2. The number of nitrogens with one attached hydrogen (secondary N) is 1. The van der Waals surface area contributed by atoms with E-state index in [2.05, 4.69) is 5.32 Å². The average Bonchev–Trinajstić information content (AvgIpc) is 2.44. The maximum atomic E-state index is 12.8. The second kappa shape index (κ2) is 6.83. The molecule has 0 aromatic carbocycles. The molecule has 3 atom stereocenters. The van der Waals surface area contributed by atoms with E-state index in [4.69, 9.17) is 0 Å². The van der Waals surface area contributed by atoms with Crippen molar-refractivity contribution in [3.05, 3.63) is 0 Å². The van der Waals surface area contributed by atoms with Crippen LogP contribution in [0.3, 0.4) is 0 Å². The van der Waals surface area contributed by atoms with Crippen LogP contribution in [0.4, 0.5) is 0 Å². The second-order valence-electron chi connectivity index (χ2n) is 6.11. The standard InChI is InChI=1S/C15H26N2O2S/c1-10(9-20-3)17-11(2)14(18)16-13(15(17)19)12-7-5-4-6-8-12/h10-13H,4-9H2,1-3H3,(H,16,18). The van der Waals surface area contributed by atoms with E-state index in [9.17, 15) is 9.59 Å². The first kappa shape index (κ1) is 15.7. The summed E-state index contributed by atoms with van der Waals surface area (Å²) in [6, 6.07) is -0.516. The molecule has 1 saturated carbocycles. The largest absolute Gasteiger partial charge is 0.342 e. The van der Waals surface area contributed by atoms with Crippen LogP contribution in [0.25, 0.3) is 0 Å². The lowest BCUT2D eigenvalue weighted by Gasteiger charge is -2.43. The minimum absolute atomic E-state index is 0.00752. The molecule has 0 aromatic rings. The number of amides is 2. The summed E-state index contributed by atoms with van der Waals surface area (Å²) in [5, 5.41) is 2.98. The van der Waals surface area contributed by atoms with Crippen LogP contribution in [0.1, 0.15) is 46.0 Å². The molecule has 4 nitrogen and oxygen atoms in total. The van der Waals surface area contributed by atoms with Crippen LogP contribution >= 0.6 is 11.8 Å². The van der Waals surface area contributed by atoms with Crippen molar-refractivity contribution in [3.8, 4) is 0 Å². The van der Waals surface area contributed by atoms with Gasteiger partial charge in [-0.2, -0.15) is 11.8 Å². The van der Waals surface area contributed by atoms with Crippen LogP contribution in [-0.4, -0.2) is 46.8 Å². The van der Waals surface area contributed by atoms with E-state index in [0.29, 0.717) is 5.92 Å². The summed E-state index contributed by atoms with van der Waals surface area (Å²) in [5.41, 5.74) is 0. The average molecular weight is 298 g/mol. The van der Waals surface area contributed by atoms with E-state index in [-0.39, 0.29) is 29.9 Å². The third-order valence-corrected chi connectivity index (χ3v) is 5.43. The van der Waals surface area contributed by atoms with Crippen molar-refractivity contribution in [2.45, 2.75) is 64.1 Å². The Bertz CT molecular complexity index is 369. The normalized spacial score (nSPS) is 30.2. The molecule has 0 spiro atoms. The number of thioether (sulfide) groups is 1. The van der Waals surface area contributed by atoms with E-state index in [1.807, 2.05) is 25.0 Å². The molecule has 3 unspecified atom stereocenters. The third kappa shape index (κ3) is 3.13. The Hall–Kier alpha value is -0.710. The molecule has 2 amide bonds.